The van der Waals surface area contributed by atoms with Crippen molar-refractivity contribution < 1.29 is 4.39 Å². The Hall–Kier alpha value is -2.45. The van der Waals surface area contributed by atoms with Crippen molar-refractivity contribution in [3.05, 3.63) is 64.3 Å². The van der Waals surface area contributed by atoms with Crippen LogP contribution in [0.3, 0.4) is 0 Å². The Morgan fingerprint density at radius 2 is 2.05 bits per heavy atom. The molecule has 3 aromatic rings. The van der Waals surface area contributed by atoms with Crippen LogP contribution in [0, 0.1) is 17.3 Å². The molecular formula is C16H10ClFN4. The van der Waals surface area contributed by atoms with E-state index in [4.69, 9.17) is 16.9 Å². The van der Waals surface area contributed by atoms with Gasteiger partial charge in [0.2, 0.25) is 5.95 Å². The first kappa shape index (κ1) is 13.2. The highest BCUT2D eigenvalue weighted by atomic mass is 35.5. The molecule has 2 atom stereocenters. The average Bonchev–Trinajstić information content (AvgIpc) is 3.25. The Labute approximate surface area is 130 Å². The number of fused-ring (bicyclic) bond motifs is 1. The van der Waals surface area contributed by atoms with Gasteiger partial charge in [0.1, 0.15) is 0 Å². The molecule has 1 fully saturated rings. The van der Waals surface area contributed by atoms with Crippen LogP contribution in [-0.4, -0.2) is 14.6 Å². The first-order valence-corrected chi connectivity index (χ1v) is 7.25. The molecule has 1 saturated carbocycles. The summed E-state index contributed by atoms with van der Waals surface area (Å²) in [7, 11) is 0. The van der Waals surface area contributed by atoms with E-state index in [-0.39, 0.29) is 11.1 Å². The molecule has 0 N–H and O–H groups in total. The number of hydrogen-bond acceptors (Lipinski definition) is 3. The number of rotatable bonds is 2. The van der Waals surface area contributed by atoms with Gasteiger partial charge in [-0.25, -0.2) is 4.98 Å². The number of nitriles is 1. The summed E-state index contributed by atoms with van der Waals surface area (Å²) in [6, 6.07) is 11.4. The number of halogens is 2. The molecule has 22 heavy (non-hydrogen) atoms. The van der Waals surface area contributed by atoms with Gasteiger partial charge in [-0.1, -0.05) is 23.7 Å². The number of hydrogen-bond donors (Lipinski definition) is 0. The van der Waals surface area contributed by atoms with Gasteiger partial charge >= 0.3 is 0 Å². The largest absolute Gasteiger partial charge is 0.234 e. The Morgan fingerprint density at radius 3 is 2.77 bits per heavy atom. The Morgan fingerprint density at radius 1 is 1.27 bits per heavy atom. The third-order valence-electron chi connectivity index (χ3n) is 4.08. The summed E-state index contributed by atoms with van der Waals surface area (Å²) >= 11 is 6.00. The van der Waals surface area contributed by atoms with Crippen molar-refractivity contribution >= 4 is 17.2 Å². The van der Waals surface area contributed by atoms with Gasteiger partial charge in [-0.3, -0.25) is 0 Å². The molecule has 0 unspecified atom stereocenters. The maximum absolute atomic E-state index is 13.6. The summed E-state index contributed by atoms with van der Waals surface area (Å²) in [6.07, 6.45) is 2.11. The van der Waals surface area contributed by atoms with Gasteiger partial charge in [0, 0.05) is 5.56 Å². The minimum absolute atomic E-state index is 0.248. The van der Waals surface area contributed by atoms with E-state index < -0.39 is 5.95 Å². The quantitative estimate of drug-likeness (QED) is 0.725. The third-order valence-corrected chi connectivity index (χ3v) is 4.27. The van der Waals surface area contributed by atoms with Crippen LogP contribution in [0.5, 0.6) is 0 Å². The van der Waals surface area contributed by atoms with Crippen molar-refractivity contribution in [1.29, 1.82) is 5.26 Å². The number of benzene rings is 1. The van der Waals surface area contributed by atoms with E-state index in [2.05, 4.69) is 16.2 Å². The van der Waals surface area contributed by atoms with E-state index in [0.717, 1.165) is 22.7 Å². The fourth-order valence-corrected chi connectivity index (χ4v) is 3.11. The Bertz CT molecular complexity index is 910. The molecule has 1 aliphatic rings. The van der Waals surface area contributed by atoms with Crippen LogP contribution < -0.4 is 0 Å². The summed E-state index contributed by atoms with van der Waals surface area (Å²) in [6.45, 7) is 0. The van der Waals surface area contributed by atoms with Crippen LogP contribution in [0.25, 0.3) is 5.65 Å². The van der Waals surface area contributed by atoms with Gasteiger partial charge in [0.25, 0.3) is 0 Å². The SMILES string of the molecule is N#Cc1ccc([C@H]2C[C@@H]2c2cc(Cl)nn3c(F)cnc23)cc1. The number of imidazole rings is 1. The van der Waals surface area contributed by atoms with Crippen LogP contribution in [0.2, 0.25) is 5.15 Å². The second-order valence-electron chi connectivity index (χ2n) is 5.42. The average molecular weight is 313 g/mol. The van der Waals surface area contributed by atoms with Gasteiger partial charge in [0.15, 0.2) is 10.8 Å². The highest BCUT2D eigenvalue weighted by Gasteiger charge is 2.41. The monoisotopic (exact) mass is 312 g/mol. The lowest BCUT2D eigenvalue weighted by atomic mass is 10.0. The molecule has 0 saturated heterocycles. The van der Waals surface area contributed by atoms with E-state index in [0.29, 0.717) is 17.1 Å². The molecule has 0 radical (unpaired) electrons. The van der Waals surface area contributed by atoms with Crippen LogP contribution in [0.1, 0.15) is 34.9 Å². The molecule has 4 rings (SSSR count). The van der Waals surface area contributed by atoms with Crippen LogP contribution in [-0.2, 0) is 0 Å². The van der Waals surface area contributed by atoms with E-state index in [1.165, 1.54) is 5.56 Å². The Balaban J connectivity index is 1.71. The highest BCUT2D eigenvalue weighted by molar-refractivity contribution is 6.29. The number of nitrogens with zero attached hydrogens (tertiary/aromatic N) is 4. The van der Waals surface area contributed by atoms with Crippen molar-refractivity contribution in [1.82, 2.24) is 14.6 Å². The molecule has 6 heteroatoms. The zero-order valence-electron chi connectivity index (χ0n) is 11.4. The molecule has 108 valence electrons. The molecule has 0 aliphatic heterocycles. The lowest BCUT2D eigenvalue weighted by Crippen LogP contribution is -1.99. The second-order valence-corrected chi connectivity index (χ2v) is 5.81. The van der Waals surface area contributed by atoms with Crippen molar-refractivity contribution in [2.24, 2.45) is 0 Å². The molecule has 1 aromatic carbocycles. The maximum Gasteiger partial charge on any atom is 0.234 e. The van der Waals surface area contributed by atoms with Gasteiger partial charge < -0.3 is 0 Å². The van der Waals surface area contributed by atoms with E-state index in [1.807, 2.05) is 24.3 Å². The first-order chi connectivity index (χ1) is 10.7. The normalized spacial score (nSPS) is 20.0. The van der Waals surface area contributed by atoms with E-state index >= 15 is 0 Å². The van der Waals surface area contributed by atoms with Crippen LogP contribution in [0.15, 0.2) is 36.5 Å². The first-order valence-electron chi connectivity index (χ1n) is 6.87. The summed E-state index contributed by atoms with van der Waals surface area (Å²) in [5.41, 5.74) is 3.24. The summed E-state index contributed by atoms with van der Waals surface area (Å²) in [5, 5.41) is 13.0. The topological polar surface area (TPSA) is 54.0 Å². The summed E-state index contributed by atoms with van der Waals surface area (Å²) in [4.78, 5) is 4.10. The highest BCUT2D eigenvalue weighted by Crippen LogP contribution is 2.55. The minimum atomic E-state index is -0.519. The Kier molecular flexibility index (Phi) is 2.88. The fraction of sp³-hybridized carbons (Fsp3) is 0.188. The van der Waals surface area contributed by atoms with Gasteiger partial charge in [0.05, 0.1) is 17.8 Å². The fourth-order valence-electron chi connectivity index (χ4n) is 2.92. The molecule has 1 aliphatic carbocycles. The lowest BCUT2D eigenvalue weighted by Gasteiger charge is -2.04. The number of aromatic nitrogens is 3. The summed E-state index contributed by atoms with van der Waals surface area (Å²) < 4.78 is 14.8. The smallest absolute Gasteiger partial charge is 0.232 e. The lowest BCUT2D eigenvalue weighted by molar-refractivity contribution is 0.548. The van der Waals surface area contributed by atoms with E-state index in [1.54, 1.807) is 6.07 Å². The standard InChI is InChI=1S/C16H10ClFN4/c17-14-6-13(16-20-8-15(18)22(16)21-14)12-5-11(12)10-3-1-9(7-19)2-4-10/h1-4,6,8,11-12H,5H2/t11-,12+/m1/s1. The molecule has 2 aromatic heterocycles. The second kappa shape index (κ2) is 4.79. The molecule has 0 bridgehead atoms. The molecular weight excluding hydrogens is 303 g/mol. The van der Waals surface area contributed by atoms with Gasteiger partial charge in [-0.2, -0.15) is 19.3 Å². The molecule has 0 amide bonds. The molecule has 0 spiro atoms. The van der Waals surface area contributed by atoms with Gasteiger partial charge in [-0.05, 0) is 42.0 Å². The predicted molar refractivity (Wildman–Crippen MR) is 79.2 cm³/mol. The predicted octanol–water partition coefficient (Wildman–Crippen LogP) is 3.66. The van der Waals surface area contributed by atoms with Crippen LogP contribution >= 0.6 is 11.6 Å². The van der Waals surface area contributed by atoms with E-state index in [9.17, 15) is 4.39 Å². The van der Waals surface area contributed by atoms with Crippen LogP contribution in [0.4, 0.5) is 4.39 Å². The third kappa shape index (κ3) is 2.04. The van der Waals surface area contributed by atoms with Crippen molar-refractivity contribution in [2.45, 2.75) is 18.3 Å². The minimum Gasteiger partial charge on any atom is -0.232 e. The molecule has 4 nitrogen and oxygen atoms in total. The zero-order valence-corrected chi connectivity index (χ0v) is 12.1. The van der Waals surface area contributed by atoms with Gasteiger partial charge in [-0.15, -0.1) is 0 Å². The molecule has 2 heterocycles. The summed E-state index contributed by atoms with van der Waals surface area (Å²) in [5.74, 6) is 0.0711. The maximum atomic E-state index is 13.6. The zero-order chi connectivity index (χ0) is 15.3. The van der Waals surface area contributed by atoms with Crippen molar-refractivity contribution in [3.63, 3.8) is 0 Å². The van der Waals surface area contributed by atoms with Crippen molar-refractivity contribution in [2.75, 3.05) is 0 Å². The van der Waals surface area contributed by atoms with Crippen molar-refractivity contribution in [3.8, 4) is 6.07 Å².